The molecule has 0 aliphatic carbocycles. The molecule has 0 radical (unpaired) electrons. The van der Waals surface area contributed by atoms with Gasteiger partial charge in [-0.3, -0.25) is 0 Å². The van der Waals surface area contributed by atoms with Gasteiger partial charge in [0, 0.05) is 10.6 Å². The van der Waals surface area contributed by atoms with Gasteiger partial charge in [-0.05, 0) is 27.1 Å². The topological polar surface area (TPSA) is 12.4 Å². The quantitative estimate of drug-likeness (QED) is 0.396. The van der Waals surface area contributed by atoms with Crippen molar-refractivity contribution in [3.8, 4) is 0 Å². The van der Waals surface area contributed by atoms with Crippen molar-refractivity contribution in [1.82, 2.24) is 0 Å². The Labute approximate surface area is 60.6 Å². The van der Waals surface area contributed by atoms with E-state index >= 15 is 0 Å². The second-order valence-corrected chi connectivity index (χ2v) is 3.83. The number of halogens is 1. The number of allylic oxidation sites excluding steroid dienone is 2. The molecule has 0 heterocycles. The molecule has 0 aromatic heterocycles. The lowest BCUT2D eigenvalue weighted by Gasteiger charge is -1.70. The van der Waals surface area contributed by atoms with Gasteiger partial charge in [-0.1, -0.05) is 19.6 Å². The number of alkyl halides is 1. The maximum atomic E-state index is 4.14. The molecule has 0 fully saturated rings. The summed E-state index contributed by atoms with van der Waals surface area (Å²) >= 11 is 0.106. The Kier molecular flexibility index (Phi) is 7.02. The summed E-state index contributed by atoms with van der Waals surface area (Å²) in [5.74, 6) is 0. The molecule has 0 aliphatic rings. The minimum absolute atomic E-state index is 0.106. The van der Waals surface area contributed by atoms with Gasteiger partial charge in [0.25, 0.3) is 0 Å². The van der Waals surface area contributed by atoms with Crippen molar-refractivity contribution in [3.05, 3.63) is 24.9 Å². The Balaban J connectivity index is 3.26. The number of rotatable bonds is 3. The van der Waals surface area contributed by atoms with E-state index in [0.29, 0.717) is 0 Å². The van der Waals surface area contributed by atoms with Gasteiger partial charge in [0.2, 0.25) is 0 Å². The fourth-order valence-electron chi connectivity index (χ4n) is 0.202. The molecule has 0 unspecified atom stereocenters. The fraction of sp³-hybridized carbons (Fsp3) is 0.333. The summed E-state index contributed by atoms with van der Waals surface area (Å²) in [6, 6.07) is 0. The van der Waals surface area contributed by atoms with Crippen molar-refractivity contribution in [2.75, 3.05) is 4.43 Å². The van der Waals surface area contributed by atoms with Crippen LogP contribution in [0, 0.1) is 0 Å². The number of hydrogen-bond acceptors (Lipinski definition) is 1. The molecule has 0 amide bonds. The highest BCUT2D eigenvalue weighted by Gasteiger charge is 1.60. The molecular formula is C6H10IN. The summed E-state index contributed by atoms with van der Waals surface area (Å²) in [4.78, 5) is 0. The molecule has 0 saturated heterocycles. The maximum absolute atomic E-state index is 4.14. The van der Waals surface area contributed by atoms with E-state index in [1.54, 1.807) is 6.08 Å². The van der Waals surface area contributed by atoms with Crippen LogP contribution in [-0.4, -0.2) is 4.43 Å². The first-order valence-corrected chi connectivity index (χ1v) is 4.97. The number of nitrogens with zero attached hydrogens (tertiary/aromatic N) is 1. The van der Waals surface area contributed by atoms with Gasteiger partial charge in [-0.2, -0.15) is 0 Å². The van der Waals surface area contributed by atoms with Crippen LogP contribution in [0.25, 0.3) is 0 Å². The van der Waals surface area contributed by atoms with Crippen molar-refractivity contribution in [2.24, 2.45) is 3.15 Å². The zero-order chi connectivity index (χ0) is 6.24. The van der Waals surface area contributed by atoms with Crippen LogP contribution < -0.4 is 0 Å². The lowest BCUT2D eigenvalue weighted by atomic mass is 10.6. The third-order valence-electron chi connectivity index (χ3n) is 0.467. The second kappa shape index (κ2) is 7.01. The first-order chi connectivity index (χ1) is 3.91. The SMILES string of the molecule is C=C/C=C\N=ICC. The van der Waals surface area contributed by atoms with Crippen molar-refractivity contribution in [2.45, 2.75) is 6.92 Å². The molecule has 0 N–H and O–H groups in total. The highest BCUT2D eigenvalue weighted by atomic mass is 127. The highest BCUT2D eigenvalue weighted by molar-refractivity contribution is 14.2. The summed E-state index contributed by atoms with van der Waals surface area (Å²) < 4.78 is 5.36. The monoisotopic (exact) mass is 223 g/mol. The van der Waals surface area contributed by atoms with E-state index in [9.17, 15) is 0 Å². The third kappa shape index (κ3) is 6.01. The maximum Gasteiger partial charge on any atom is 0.0325 e. The van der Waals surface area contributed by atoms with E-state index in [2.05, 4.69) is 16.6 Å². The Morgan fingerprint density at radius 3 is 3.00 bits per heavy atom. The summed E-state index contributed by atoms with van der Waals surface area (Å²) in [7, 11) is 0. The summed E-state index contributed by atoms with van der Waals surface area (Å²) in [6.45, 7) is 5.68. The summed E-state index contributed by atoms with van der Waals surface area (Å²) in [5, 5.41) is 0. The van der Waals surface area contributed by atoms with Crippen LogP contribution in [0.5, 0.6) is 0 Å². The molecule has 0 aromatic rings. The Hall–Kier alpha value is 0.0100. The minimum Gasteiger partial charge on any atom is -0.235 e. The molecule has 0 bridgehead atoms. The van der Waals surface area contributed by atoms with E-state index in [-0.39, 0.29) is 21.0 Å². The van der Waals surface area contributed by atoms with Gasteiger partial charge in [-0.15, -0.1) is 0 Å². The predicted molar refractivity (Wildman–Crippen MR) is 46.3 cm³/mol. The van der Waals surface area contributed by atoms with E-state index in [1.165, 1.54) is 4.43 Å². The molecule has 46 valence electrons. The van der Waals surface area contributed by atoms with Gasteiger partial charge in [0.15, 0.2) is 0 Å². The van der Waals surface area contributed by atoms with E-state index < -0.39 is 0 Å². The molecule has 1 nitrogen and oxygen atoms in total. The summed E-state index contributed by atoms with van der Waals surface area (Å²) in [6.07, 6.45) is 5.42. The first kappa shape index (κ1) is 8.01. The summed E-state index contributed by atoms with van der Waals surface area (Å²) in [5.41, 5.74) is 0. The van der Waals surface area contributed by atoms with E-state index in [0.717, 1.165) is 0 Å². The molecule has 0 spiro atoms. The predicted octanol–water partition coefficient (Wildman–Crippen LogP) is 2.86. The smallest absolute Gasteiger partial charge is 0.0325 e. The largest absolute Gasteiger partial charge is 0.235 e. The van der Waals surface area contributed by atoms with Crippen LogP contribution in [0.4, 0.5) is 0 Å². The Morgan fingerprint density at radius 1 is 1.75 bits per heavy atom. The average molecular weight is 223 g/mol. The first-order valence-electron chi connectivity index (χ1n) is 2.48. The van der Waals surface area contributed by atoms with Crippen molar-refractivity contribution < 1.29 is 0 Å². The van der Waals surface area contributed by atoms with E-state index in [1.807, 2.05) is 12.3 Å². The van der Waals surface area contributed by atoms with Crippen LogP contribution in [0.3, 0.4) is 0 Å². The standard InChI is InChI=1S/C6H10IN/c1-3-5-6-8-7-4-2/h3,5-6H,1,4H2,2H3/b6-5-. The normalized spacial score (nSPS) is 12.1. The van der Waals surface area contributed by atoms with Crippen molar-refractivity contribution in [1.29, 1.82) is 0 Å². The van der Waals surface area contributed by atoms with Gasteiger partial charge in [0.05, 0.1) is 0 Å². The van der Waals surface area contributed by atoms with Crippen LogP contribution >= 0.6 is 21.0 Å². The lowest BCUT2D eigenvalue weighted by molar-refractivity contribution is 1.58. The second-order valence-electron chi connectivity index (χ2n) is 1.06. The van der Waals surface area contributed by atoms with Crippen molar-refractivity contribution >= 4 is 21.0 Å². The lowest BCUT2D eigenvalue weighted by Crippen LogP contribution is -1.46. The zero-order valence-corrected chi connectivity index (χ0v) is 7.13. The van der Waals surface area contributed by atoms with Gasteiger partial charge < -0.3 is 0 Å². The van der Waals surface area contributed by atoms with Crippen LogP contribution in [0.1, 0.15) is 6.92 Å². The third-order valence-corrected chi connectivity index (χ3v) is 1.86. The molecule has 0 aromatic carbocycles. The molecule has 0 saturated carbocycles. The minimum atomic E-state index is 0.106. The van der Waals surface area contributed by atoms with Gasteiger partial charge in [-0.25, -0.2) is 3.15 Å². The zero-order valence-electron chi connectivity index (χ0n) is 4.97. The van der Waals surface area contributed by atoms with E-state index in [4.69, 9.17) is 0 Å². The fourth-order valence-corrected chi connectivity index (χ4v) is 1.01. The van der Waals surface area contributed by atoms with Crippen LogP contribution in [0.15, 0.2) is 28.1 Å². The Morgan fingerprint density at radius 2 is 2.50 bits per heavy atom. The van der Waals surface area contributed by atoms with Crippen molar-refractivity contribution in [3.63, 3.8) is 0 Å². The number of hydrogen-bond donors (Lipinski definition) is 0. The molecule has 0 aliphatic heterocycles. The van der Waals surface area contributed by atoms with Crippen LogP contribution in [0.2, 0.25) is 0 Å². The van der Waals surface area contributed by atoms with Gasteiger partial charge >= 0.3 is 0 Å². The molecule has 8 heavy (non-hydrogen) atoms. The van der Waals surface area contributed by atoms with Gasteiger partial charge in [0.1, 0.15) is 0 Å². The molecular weight excluding hydrogens is 213 g/mol. The molecule has 2 heteroatoms. The van der Waals surface area contributed by atoms with Crippen LogP contribution in [-0.2, 0) is 0 Å². The Bertz CT molecular complexity index is 105. The molecule has 0 rings (SSSR count). The molecule has 0 atom stereocenters. The highest BCUT2D eigenvalue weighted by Crippen LogP contribution is 1.97. The average Bonchev–Trinajstić information content (AvgIpc) is 1.81.